The molecule has 0 spiro atoms. The second-order valence-corrected chi connectivity index (χ2v) is 5.53. The number of hydrogen-bond acceptors (Lipinski definition) is 3. The number of hydrogen-bond donors (Lipinski definition) is 1. The number of fused-ring (bicyclic) bond motifs is 1. The number of nitrogens with zero attached hydrogens (tertiary/aromatic N) is 2. The monoisotopic (exact) mass is 325 g/mol. The normalized spacial score (nSPS) is 11.0. The molecule has 0 fully saturated rings. The lowest BCUT2D eigenvalue weighted by Crippen LogP contribution is -2.00. The van der Waals surface area contributed by atoms with Crippen LogP contribution in [0.5, 0.6) is 0 Å². The van der Waals surface area contributed by atoms with E-state index < -0.39 is 0 Å². The van der Waals surface area contributed by atoms with E-state index in [2.05, 4.69) is 26.2 Å². The molecule has 18 heavy (non-hydrogen) atoms. The van der Waals surface area contributed by atoms with E-state index in [-0.39, 0.29) is 5.82 Å². The van der Waals surface area contributed by atoms with Crippen LogP contribution in [0.25, 0.3) is 4.96 Å². The minimum Gasteiger partial charge on any atom is -0.378 e. The Balaban J connectivity index is 1.77. The molecule has 1 aromatic carbocycles. The summed E-state index contributed by atoms with van der Waals surface area (Å²) >= 11 is 4.97. The fourth-order valence-corrected chi connectivity index (χ4v) is 2.79. The largest absolute Gasteiger partial charge is 0.378 e. The summed E-state index contributed by atoms with van der Waals surface area (Å²) in [5, 5.41) is 5.15. The van der Waals surface area contributed by atoms with Crippen LogP contribution >= 0.6 is 27.3 Å². The maximum Gasteiger partial charge on any atom is 0.193 e. The first kappa shape index (κ1) is 11.7. The van der Waals surface area contributed by atoms with Gasteiger partial charge in [-0.1, -0.05) is 0 Å². The predicted octanol–water partition coefficient (Wildman–Crippen LogP) is 3.91. The number of benzene rings is 1. The van der Waals surface area contributed by atoms with Crippen LogP contribution in [0.4, 0.5) is 10.1 Å². The Morgan fingerprint density at radius 2 is 2.33 bits per heavy atom. The van der Waals surface area contributed by atoms with E-state index in [4.69, 9.17) is 0 Å². The van der Waals surface area contributed by atoms with E-state index in [9.17, 15) is 4.39 Å². The van der Waals surface area contributed by atoms with Crippen molar-refractivity contribution in [1.82, 2.24) is 9.38 Å². The molecule has 2 aromatic heterocycles. The second kappa shape index (κ2) is 4.70. The highest BCUT2D eigenvalue weighted by Crippen LogP contribution is 2.23. The first-order valence-corrected chi connectivity index (χ1v) is 6.99. The van der Waals surface area contributed by atoms with Gasteiger partial charge in [-0.05, 0) is 34.1 Å². The van der Waals surface area contributed by atoms with Crippen LogP contribution in [-0.4, -0.2) is 9.38 Å². The van der Waals surface area contributed by atoms with Gasteiger partial charge in [-0.15, -0.1) is 11.3 Å². The van der Waals surface area contributed by atoms with Crippen molar-refractivity contribution >= 4 is 37.9 Å². The summed E-state index contributed by atoms with van der Waals surface area (Å²) in [5.74, 6) is -0.258. The third-order valence-corrected chi connectivity index (χ3v) is 3.99. The highest BCUT2D eigenvalue weighted by molar-refractivity contribution is 9.10. The number of nitrogens with one attached hydrogen (secondary N) is 1. The molecule has 3 nitrogen and oxygen atoms in total. The van der Waals surface area contributed by atoms with Crippen LogP contribution in [0.2, 0.25) is 0 Å². The Bertz CT molecular complexity index is 663. The molecule has 92 valence electrons. The zero-order valence-corrected chi connectivity index (χ0v) is 11.6. The van der Waals surface area contributed by atoms with Gasteiger partial charge in [-0.3, -0.25) is 4.40 Å². The molecule has 0 bridgehead atoms. The van der Waals surface area contributed by atoms with Crippen LogP contribution in [0.1, 0.15) is 5.69 Å². The quantitative estimate of drug-likeness (QED) is 0.791. The summed E-state index contributed by atoms with van der Waals surface area (Å²) < 4.78 is 15.9. The van der Waals surface area contributed by atoms with Crippen molar-refractivity contribution in [1.29, 1.82) is 0 Å². The van der Waals surface area contributed by atoms with Crippen molar-refractivity contribution in [2.45, 2.75) is 6.54 Å². The fourth-order valence-electron chi connectivity index (χ4n) is 1.68. The first-order chi connectivity index (χ1) is 8.72. The van der Waals surface area contributed by atoms with Gasteiger partial charge in [-0.2, -0.15) is 0 Å². The molecule has 1 N–H and O–H groups in total. The molecule has 0 unspecified atom stereocenters. The van der Waals surface area contributed by atoms with Gasteiger partial charge in [0.1, 0.15) is 5.82 Å². The molecule has 0 aliphatic rings. The van der Waals surface area contributed by atoms with Crippen LogP contribution in [0.3, 0.4) is 0 Å². The topological polar surface area (TPSA) is 29.3 Å². The molecule has 0 saturated carbocycles. The van der Waals surface area contributed by atoms with Crippen LogP contribution < -0.4 is 5.32 Å². The molecule has 2 heterocycles. The first-order valence-electron chi connectivity index (χ1n) is 5.32. The molecule has 0 aliphatic carbocycles. The summed E-state index contributed by atoms with van der Waals surface area (Å²) in [6.07, 6.45) is 3.93. The minimum absolute atomic E-state index is 0.258. The van der Waals surface area contributed by atoms with Crippen LogP contribution in [0.15, 0.2) is 40.4 Å². The minimum atomic E-state index is -0.258. The number of imidazole rings is 1. The molecule has 0 aliphatic heterocycles. The summed E-state index contributed by atoms with van der Waals surface area (Å²) in [6, 6.07) is 4.56. The van der Waals surface area contributed by atoms with Gasteiger partial charge in [0, 0.05) is 22.2 Å². The van der Waals surface area contributed by atoms with E-state index in [1.165, 1.54) is 12.1 Å². The fraction of sp³-hybridized carbons (Fsp3) is 0.0833. The van der Waals surface area contributed by atoms with Gasteiger partial charge < -0.3 is 5.32 Å². The average molecular weight is 326 g/mol. The van der Waals surface area contributed by atoms with E-state index in [0.717, 1.165) is 20.8 Å². The zero-order valence-electron chi connectivity index (χ0n) is 9.23. The van der Waals surface area contributed by atoms with E-state index in [0.29, 0.717) is 6.54 Å². The Kier molecular flexibility index (Phi) is 3.05. The summed E-state index contributed by atoms with van der Waals surface area (Å²) in [5.41, 5.74) is 1.66. The van der Waals surface area contributed by atoms with Crippen molar-refractivity contribution in [3.63, 3.8) is 0 Å². The van der Waals surface area contributed by atoms with E-state index in [1.54, 1.807) is 17.4 Å². The lowest BCUT2D eigenvalue weighted by Gasteiger charge is -2.06. The maximum absolute atomic E-state index is 13.1. The van der Waals surface area contributed by atoms with Crippen LogP contribution in [-0.2, 0) is 6.54 Å². The molecular weight excluding hydrogens is 317 g/mol. The third-order valence-electron chi connectivity index (χ3n) is 2.53. The number of anilines is 1. The standard InChI is InChI=1S/C12H9BrFN3S/c13-10-2-1-8(14)5-11(10)15-6-9-7-17-3-4-18-12(17)16-9/h1-5,7,15H,6H2. The molecule has 3 aromatic rings. The lowest BCUT2D eigenvalue weighted by atomic mass is 10.3. The predicted molar refractivity (Wildman–Crippen MR) is 74.5 cm³/mol. The van der Waals surface area contributed by atoms with Crippen molar-refractivity contribution in [2.24, 2.45) is 0 Å². The Hall–Kier alpha value is -1.40. The van der Waals surface area contributed by atoms with E-state index in [1.807, 2.05) is 22.2 Å². The molecular formula is C12H9BrFN3S. The molecule has 0 saturated heterocycles. The van der Waals surface area contributed by atoms with Crippen molar-refractivity contribution < 1.29 is 4.39 Å². The second-order valence-electron chi connectivity index (χ2n) is 3.80. The smallest absolute Gasteiger partial charge is 0.193 e. The van der Waals surface area contributed by atoms with Gasteiger partial charge in [0.05, 0.1) is 17.9 Å². The Morgan fingerprint density at radius 3 is 3.17 bits per heavy atom. The molecule has 6 heteroatoms. The van der Waals surface area contributed by atoms with E-state index >= 15 is 0 Å². The van der Waals surface area contributed by atoms with Gasteiger partial charge in [-0.25, -0.2) is 9.37 Å². The zero-order chi connectivity index (χ0) is 12.5. The Morgan fingerprint density at radius 1 is 1.44 bits per heavy atom. The molecule has 0 amide bonds. The van der Waals surface area contributed by atoms with Crippen molar-refractivity contribution in [3.8, 4) is 0 Å². The molecule has 0 radical (unpaired) electrons. The average Bonchev–Trinajstić information content (AvgIpc) is 2.90. The van der Waals surface area contributed by atoms with Crippen LogP contribution in [0, 0.1) is 5.82 Å². The lowest BCUT2D eigenvalue weighted by molar-refractivity contribution is 0.628. The molecule has 0 atom stereocenters. The summed E-state index contributed by atoms with van der Waals surface area (Å²) in [6.45, 7) is 0.566. The maximum atomic E-state index is 13.1. The number of halogens is 2. The highest BCUT2D eigenvalue weighted by atomic mass is 79.9. The van der Waals surface area contributed by atoms with Gasteiger partial charge >= 0.3 is 0 Å². The Labute approximate surface area is 115 Å². The summed E-state index contributed by atoms with van der Waals surface area (Å²) in [4.78, 5) is 5.41. The highest BCUT2D eigenvalue weighted by Gasteiger charge is 2.04. The number of thiazole rings is 1. The van der Waals surface area contributed by atoms with Gasteiger partial charge in [0.25, 0.3) is 0 Å². The van der Waals surface area contributed by atoms with Crippen molar-refractivity contribution in [2.75, 3.05) is 5.32 Å². The third kappa shape index (κ3) is 2.26. The number of rotatable bonds is 3. The SMILES string of the molecule is Fc1ccc(Br)c(NCc2cn3ccsc3n2)c1. The van der Waals surface area contributed by atoms with Gasteiger partial charge in [0.15, 0.2) is 4.96 Å². The summed E-state index contributed by atoms with van der Waals surface area (Å²) in [7, 11) is 0. The van der Waals surface area contributed by atoms with Gasteiger partial charge in [0.2, 0.25) is 0 Å². The number of aromatic nitrogens is 2. The van der Waals surface area contributed by atoms with Crippen molar-refractivity contribution in [3.05, 3.63) is 52.0 Å². The molecule has 3 rings (SSSR count).